The summed E-state index contributed by atoms with van der Waals surface area (Å²) in [7, 11) is 3.54. The van der Waals surface area contributed by atoms with Gasteiger partial charge in [0.25, 0.3) is 0 Å². The Morgan fingerprint density at radius 1 is 1.48 bits per heavy atom. The molecule has 1 unspecified atom stereocenters. The van der Waals surface area contributed by atoms with Gasteiger partial charge < -0.3 is 15.1 Å². The Labute approximate surface area is 133 Å². The van der Waals surface area contributed by atoms with Crippen LogP contribution in [0.15, 0.2) is 4.99 Å². The molecule has 1 amide bonds. The fourth-order valence-corrected chi connectivity index (χ4v) is 3.19. The molecular weight excluding hydrogens is 284 g/mol. The summed E-state index contributed by atoms with van der Waals surface area (Å²) in [5.74, 6) is 2.61. The monoisotopic (exact) mass is 314 g/mol. The van der Waals surface area contributed by atoms with Crippen LogP contribution in [0, 0.1) is 5.92 Å². The second-order valence-corrected chi connectivity index (χ2v) is 7.46. The van der Waals surface area contributed by atoms with Gasteiger partial charge in [0.1, 0.15) is 6.54 Å². The second kappa shape index (κ2) is 9.18. The summed E-state index contributed by atoms with van der Waals surface area (Å²) in [4.78, 5) is 20.2. The lowest BCUT2D eigenvalue weighted by Gasteiger charge is -2.34. The van der Waals surface area contributed by atoms with E-state index in [0.29, 0.717) is 11.2 Å². The lowest BCUT2D eigenvalue weighted by Crippen LogP contribution is -2.49. The van der Waals surface area contributed by atoms with E-state index in [1.165, 1.54) is 6.42 Å². The smallest absolute Gasteiger partial charge is 0.243 e. The van der Waals surface area contributed by atoms with E-state index >= 15 is 0 Å². The standard InChI is InChI=1S/C15H30N4OS/c1-6-13-11-19(7-8-21-13)15(16-9-12(2)3)17-10-14(20)18(4)5/h12-13H,6-11H2,1-5H3,(H,16,17). The number of nitrogens with one attached hydrogen (secondary N) is 1. The van der Waals surface area contributed by atoms with E-state index in [4.69, 9.17) is 0 Å². The number of carbonyl (C=O) groups excluding carboxylic acids is 1. The van der Waals surface area contributed by atoms with Crippen LogP contribution in [0.1, 0.15) is 27.2 Å². The van der Waals surface area contributed by atoms with Crippen molar-refractivity contribution in [2.24, 2.45) is 10.9 Å². The molecule has 0 radical (unpaired) electrons. The lowest BCUT2D eigenvalue weighted by molar-refractivity contribution is -0.127. The molecule has 1 heterocycles. The molecule has 5 nitrogen and oxygen atoms in total. The molecule has 1 fully saturated rings. The van der Waals surface area contributed by atoms with E-state index in [-0.39, 0.29) is 12.5 Å². The van der Waals surface area contributed by atoms with Crippen molar-refractivity contribution in [2.45, 2.75) is 32.4 Å². The molecule has 0 aromatic heterocycles. The van der Waals surface area contributed by atoms with Gasteiger partial charge in [0, 0.05) is 44.7 Å². The number of hydrogen-bond donors (Lipinski definition) is 1. The maximum atomic E-state index is 11.8. The first-order valence-corrected chi connectivity index (χ1v) is 8.83. The summed E-state index contributed by atoms with van der Waals surface area (Å²) in [5.41, 5.74) is 0. The van der Waals surface area contributed by atoms with Crippen LogP contribution in [0.4, 0.5) is 0 Å². The van der Waals surface area contributed by atoms with E-state index in [2.05, 4.69) is 36.0 Å². The predicted octanol–water partition coefficient (Wildman–Crippen LogP) is 1.50. The summed E-state index contributed by atoms with van der Waals surface area (Å²) < 4.78 is 0. The Morgan fingerprint density at radius 3 is 2.76 bits per heavy atom. The Morgan fingerprint density at radius 2 is 2.19 bits per heavy atom. The van der Waals surface area contributed by atoms with Gasteiger partial charge in [-0.25, -0.2) is 4.99 Å². The van der Waals surface area contributed by atoms with Crippen molar-refractivity contribution in [2.75, 3.05) is 46.0 Å². The average molecular weight is 314 g/mol. The minimum Gasteiger partial charge on any atom is -0.356 e. The van der Waals surface area contributed by atoms with E-state index < -0.39 is 0 Å². The number of nitrogens with zero attached hydrogens (tertiary/aromatic N) is 3. The van der Waals surface area contributed by atoms with Crippen LogP contribution in [0.25, 0.3) is 0 Å². The van der Waals surface area contributed by atoms with Crippen molar-refractivity contribution in [1.29, 1.82) is 0 Å². The Hall–Kier alpha value is -0.910. The van der Waals surface area contributed by atoms with Crippen molar-refractivity contribution in [3.63, 3.8) is 0 Å². The molecule has 0 bridgehead atoms. The molecule has 122 valence electrons. The Kier molecular flexibility index (Phi) is 7.93. The molecule has 0 aromatic carbocycles. The molecule has 6 heteroatoms. The van der Waals surface area contributed by atoms with Gasteiger partial charge in [0.05, 0.1) is 0 Å². The van der Waals surface area contributed by atoms with Crippen LogP contribution < -0.4 is 5.32 Å². The number of carbonyl (C=O) groups is 1. The minimum atomic E-state index is 0.0391. The molecular formula is C15H30N4OS. The minimum absolute atomic E-state index is 0.0391. The third kappa shape index (κ3) is 6.59. The first-order valence-electron chi connectivity index (χ1n) is 7.79. The molecule has 1 atom stereocenters. The molecule has 21 heavy (non-hydrogen) atoms. The summed E-state index contributed by atoms with van der Waals surface area (Å²) in [6.45, 7) is 9.70. The fourth-order valence-electron chi connectivity index (χ4n) is 2.01. The summed E-state index contributed by atoms with van der Waals surface area (Å²) in [6, 6.07) is 0. The summed E-state index contributed by atoms with van der Waals surface area (Å²) in [6.07, 6.45) is 1.18. The number of thioether (sulfide) groups is 1. The molecule has 0 spiro atoms. The van der Waals surface area contributed by atoms with Gasteiger partial charge in [-0.2, -0.15) is 11.8 Å². The molecule has 0 saturated carbocycles. The first kappa shape index (κ1) is 18.1. The van der Waals surface area contributed by atoms with Gasteiger partial charge in [0.2, 0.25) is 5.91 Å². The van der Waals surface area contributed by atoms with Gasteiger partial charge >= 0.3 is 0 Å². The van der Waals surface area contributed by atoms with Gasteiger partial charge in [-0.3, -0.25) is 4.79 Å². The second-order valence-electron chi connectivity index (χ2n) is 6.05. The van der Waals surface area contributed by atoms with Crippen LogP contribution in [0.2, 0.25) is 0 Å². The maximum Gasteiger partial charge on any atom is 0.243 e. The molecule has 0 aromatic rings. The largest absolute Gasteiger partial charge is 0.356 e. The third-order valence-corrected chi connectivity index (χ3v) is 4.80. The van der Waals surface area contributed by atoms with E-state index in [9.17, 15) is 4.79 Å². The van der Waals surface area contributed by atoms with Crippen molar-refractivity contribution in [1.82, 2.24) is 15.1 Å². The number of aliphatic imine (C=N–C) groups is 1. The van der Waals surface area contributed by atoms with Crippen LogP contribution in [0.5, 0.6) is 0 Å². The van der Waals surface area contributed by atoms with E-state index in [1.54, 1.807) is 19.0 Å². The quantitative estimate of drug-likeness (QED) is 0.617. The lowest BCUT2D eigenvalue weighted by atomic mass is 10.2. The normalized spacial score (nSPS) is 19.8. The SMILES string of the molecule is CCC1CN(C(=NCC(=O)N(C)C)NCC(C)C)CCS1. The van der Waals surface area contributed by atoms with Crippen molar-refractivity contribution >= 4 is 23.6 Å². The van der Waals surface area contributed by atoms with Gasteiger partial charge in [-0.15, -0.1) is 0 Å². The van der Waals surface area contributed by atoms with Gasteiger partial charge in [-0.1, -0.05) is 20.8 Å². The maximum absolute atomic E-state index is 11.8. The molecule has 1 N–H and O–H groups in total. The van der Waals surface area contributed by atoms with Crippen LogP contribution in [0.3, 0.4) is 0 Å². The van der Waals surface area contributed by atoms with Crippen LogP contribution in [-0.4, -0.2) is 72.9 Å². The molecule has 1 saturated heterocycles. The first-order chi connectivity index (χ1) is 9.93. The number of guanidine groups is 1. The predicted molar refractivity (Wildman–Crippen MR) is 91.9 cm³/mol. The highest BCUT2D eigenvalue weighted by molar-refractivity contribution is 8.00. The topological polar surface area (TPSA) is 47.9 Å². The third-order valence-electron chi connectivity index (χ3n) is 3.42. The summed E-state index contributed by atoms with van der Waals surface area (Å²) >= 11 is 2.04. The van der Waals surface area contributed by atoms with Crippen molar-refractivity contribution in [3.05, 3.63) is 0 Å². The van der Waals surface area contributed by atoms with Crippen LogP contribution in [-0.2, 0) is 4.79 Å². The Balaban J connectivity index is 2.70. The fraction of sp³-hybridized carbons (Fsp3) is 0.867. The molecule has 1 aliphatic rings. The number of amides is 1. The highest BCUT2D eigenvalue weighted by Crippen LogP contribution is 2.21. The van der Waals surface area contributed by atoms with Crippen molar-refractivity contribution < 1.29 is 4.79 Å². The number of hydrogen-bond acceptors (Lipinski definition) is 3. The number of rotatable bonds is 5. The Bertz CT molecular complexity index is 358. The van der Waals surface area contributed by atoms with E-state index in [1.807, 2.05) is 11.8 Å². The number of likely N-dealkylation sites (N-methyl/N-ethyl adjacent to an activating group) is 1. The zero-order valence-electron chi connectivity index (χ0n) is 14.1. The molecule has 1 rings (SSSR count). The highest BCUT2D eigenvalue weighted by atomic mass is 32.2. The van der Waals surface area contributed by atoms with Gasteiger partial charge in [-0.05, 0) is 12.3 Å². The van der Waals surface area contributed by atoms with Crippen molar-refractivity contribution in [3.8, 4) is 0 Å². The van der Waals surface area contributed by atoms with Crippen LogP contribution >= 0.6 is 11.8 Å². The summed E-state index contributed by atoms with van der Waals surface area (Å²) in [5, 5.41) is 4.09. The average Bonchev–Trinajstić information content (AvgIpc) is 2.46. The van der Waals surface area contributed by atoms with Gasteiger partial charge in [0.15, 0.2) is 5.96 Å². The van der Waals surface area contributed by atoms with E-state index in [0.717, 1.165) is 31.3 Å². The zero-order chi connectivity index (χ0) is 15.8. The molecule has 0 aliphatic carbocycles. The molecule has 1 aliphatic heterocycles. The zero-order valence-corrected chi connectivity index (χ0v) is 14.9. The highest BCUT2D eigenvalue weighted by Gasteiger charge is 2.22.